The van der Waals surface area contributed by atoms with Crippen LogP contribution in [0.5, 0.6) is 0 Å². The van der Waals surface area contributed by atoms with E-state index < -0.39 is 0 Å². The first-order valence-corrected chi connectivity index (χ1v) is 10.8. The lowest BCUT2D eigenvalue weighted by atomic mass is 9.43. The zero-order chi connectivity index (χ0) is 18.5. The normalized spacial score (nSPS) is 49.5. The van der Waals surface area contributed by atoms with Crippen LogP contribution in [0.25, 0.3) is 0 Å². The van der Waals surface area contributed by atoms with E-state index >= 15 is 0 Å². The largest absolute Gasteiger partial charge is 0.395 e. The second-order valence-corrected chi connectivity index (χ2v) is 10.1. The summed E-state index contributed by atoms with van der Waals surface area (Å²) in [5.41, 5.74) is 7.14. The van der Waals surface area contributed by atoms with Crippen LogP contribution in [0.1, 0.15) is 72.1 Å². The molecular weight excluding hydrogens is 324 g/mol. The third kappa shape index (κ3) is 2.66. The van der Waals surface area contributed by atoms with Crippen LogP contribution in [-0.4, -0.2) is 24.6 Å². The molecule has 0 aromatic rings. The number of hydrogen-bond acceptors (Lipinski definition) is 4. The van der Waals surface area contributed by atoms with Crippen molar-refractivity contribution in [1.82, 2.24) is 0 Å². The SMILES string of the molecule is CC1C[C@@H]2[C@@H](CC[C@]3(C)C(=O)CC[C@@H]23)[C@@]2(C)CCC(=NOCCN)CC12. The highest BCUT2D eigenvalue weighted by molar-refractivity contribution is 5.87. The number of nitrogens with zero attached hydrogens (tertiary/aromatic N) is 1. The first-order valence-electron chi connectivity index (χ1n) is 10.8. The predicted octanol–water partition coefficient (Wildman–Crippen LogP) is 4.18. The van der Waals surface area contributed by atoms with Crippen LogP contribution >= 0.6 is 0 Å². The van der Waals surface area contributed by atoms with Crippen molar-refractivity contribution in [1.29, 1.82) is 0 Å². The number of ketones is 1. The topological polar surface area (TPSA) is 64.7 Å². The van der Waals surface area contributed by atoms with Crippen molar-refractivity contribution in [3.8, 4) is 0 Å². The lowest BCUT2D eigenvalue weighted by Crippen LogP contribution is -2.56. The fourth-order valence-corrected chi connectivity index (χ4v) is 7.57. The van der Waals surface area contributed by atoms with E-state index in [1.54, 1.807) is 0 Å². The first-order chi connectivity index (χ1) is 12.4. The van der Waals surface area contributed by atoms with Gasteiger partial charge in [0.05, 0.1) is 5.71 Å². The molecule has 26 heavy (non-hydrogen) atoms. The molecule has 2 unspecified atom stereocenters. The molecule has 0 radical (unpaired) electrons. The molecule has 2 N–H and O–H groups in total. The molecule has 0 aromatic carbocycles. The summed E-state index contributed by atoms with van der Waals surface area (Å²) in [5, 5.41) is 4.40. The van der Waals surface area contributed by atoms with Crippen LogP contribution in [0.2, 0.25) is 0 Å². The number of Topliss-reactive ketones (excluding diaryl/α,β-unsaturated/α-hetero) is 1. The molecule has 0 aromatic heterocycles. The van der Waals surface area contributed by atoms with Gasteiger partial charge in [-0.05, 0) is 80.0 Å². The lowest BCUT2D eigenvalue weighted by Gasteiger charge is -2.61. The zero-order valence-electron chi connectivity index (χ0n) is 16.8. The molecule has 0 amide bonds. The molecular formula is C22H36N2O2. The minimum Gasteiger partial charge on any atom is -0.395 e. The predicted molar refractivity (Wildman–Crippen MR) is 104 cm³/mol. The van der Waals surface area contributed by atoms with Gasteiger partial charge >= 0.3 is 0 Å². The molecule has 146 valence electrons. The minimum atomic E-state index is -0.0125. The van der Waals surface area contributed by atoms with E-state index in [9.17, 15) is 4.79 Å². The number of nitrogens with two attached hydrogens (primary N) is 1. The van der Waals surface area contributed by atoms with E-state index in [1.165, 1.54) is 25.0 Å². The van der Waals surface area contributed by atoms with Crippen LogP contribution in [0.4, 0.5) is 0 Å². The maximum absolute atomic E-state index is 12.6. The average molecular weight is 361 g/mol. The molecule has 0 aliphatic heterocycles. The van der Waals surface area contributed by atoms with Crippen LogP contribution in [0.15, 0.2) is 5.16 Å². The average Bonchev–Trinajstić information content (AvgIpc) is 2.92. The number of carbonyl (C=O) groups excluding carboxylic acids is 1. The fourth-order valence-electron chi connectivity index (χ4n) is 7.57. The molecule has 4 aliphatic rings. The Bertz CT molecular complexity index is 603. The smallest absolute Gasteiger partial charge is 0.139 e. The third-order valence-electron chi connectivity index (χ3n) is 8.98. The van der Waals surface area contributed by atoms with Gasteiger partial charge in [-0.3, -0.25) is 4.79 Å². The molecule has 0 spiro atoms. The van der Waals surface area contributed by atoms with E-state index in [1.807, 2.05) is 0 Å². The number of carbonyl (C=O) groups is 1. The second-order valence-electron chi connectivity index (χ2n) is 10.1. The summed E-state index contributed by atoms with van der Waals surface area (Å²) in [6.45, 7) is 8.33. The van der Waals surface area contributed by atoms with Crippen LogP contribution < -0.4 is 5.73 Å². The summed E-state index contributed by atoms with van der Waals surface area (Å²) < 4.78 is 0. The highest BCUT2D eigenvalue weighted by atomic mass is 16.6. The summed E-state index contributed by atoms with van der Waals surface area (Å²) in [4.78, 5) is 18.0. The standard InChI is InChI=1S/C22H36N2O2/c1-14-12-16-17-4-5-20(25)22(17,3)9-7-18(16)21(2)8-6-15(13-19(14)21)24-26-11-10-23/h14,16-19H,4-13,23H2,1-3H3/t14?,16-,17-,18+,19?,21+,22-/m0/s1. The van der Waals surface area contributed by atoms with Crippen molar-refractivity contribution in [2.24, 2.45) is 51.3 Å². The van der Waals surface area contributed by atoms with Crippen LogP contribution in [0.3, 0.4) is 0 Å². The van der Waals surface area contributed by atoms with Gasteiger partial charge in [0, 0.05) is 18.4 Å². The van der Waals surface area contributed by atoms with E-state index in [0.717, 1.165) is 43.9 Å². The Balaban J connectivity index is 1.56. The number of hydrogen-bond donors (Lipinski definition) is 1. The molecule has 4 saturated carbocycles. The number of rotatable bonds is 3. The Hall–Kier alpha value is -0.900. The zero-order valence-corrected chi connectivity index (χ0v) is 16.8. The molecule has 0 heterocycles. The summed E-state index contributed by atoms with van der Waals surface area (Å²) >= 11 is 0. The molecule has 7 atom stereocenters. The maximum atomic E-state index is 12.6. The van der Waals surface area contributed by atoms with Crippen LogP contribution in [-0.2, 0) is 9.63 Å². The first kappa shape index (κ1) is 18.5. The Kier molecular flexibility index (Phi) is 4.70. The number of fused-ring (bicyclic) bond motifs is 5. The maximum Gasteiger partial charge on any atom is 0.139 e. The Morgan fingerprint density at radius 2 is 1.96 bits per heavy atom. The van der Waals surface area contributed by atoms with Gasteiger partial charge in [-0.15, -0.1) is 0 Å². The lowest BCUT2D eigenvalue weighted by molar-refractivity contribution is -0.141. The van der Waals surface area contributed by atoms with E-state index in [0.29, 0.717) is 42.1 Å². The van der Waals surface area contributed by atoms with Crippen molar-refractivity contribution in [3.05, 3.63) is 0 Å². The van der Waals surface area contributed by atoms with Gasteiger partial charge in [-0.2, -0.15) is 0 Å². The van der Waals surface area contributed by atoms with Gasteiger partial charge in [0.15, 0.2) is 0 Å². The van der Waals surface area contributed by atoms with Crippen molar-refractivity contribution in [2.45, 2.75) is 72.1 Å². The molecule has 4 nitrogen and oxygen atoms in total. The Morgan fingerprint density at radius 3 is 2.73 bits per heavy atom. The Morgan fingerprint density at radius 1 is 1.15 bits per heavy atom. The van der Waals surface area contributed by atoms with E-state index in [-0.39, 0.29) is 5.41 Å². The van der Waals surface area contributed by atoms with Crippen molar-refractivity contribution in [3.63, 3.8) is 0 Å². The molecule has 0 bridgehead atoms. The number of oxime groups is 1. The molecule has 0 saturated heterocycles. The summed E-state index contributed by atoms with van der Waals surface area (Å²) in [6, 6.07) is 0. The molecule has 4 heteroatoms. The monoisotopic (exact) mass is 360 g/mol. The van der Waals surface area contributed by atoms with Crippen molar-refractivity contribution >= 4 is 11.5 Å². The summed E-state index contributed by atoms with van der Waals surface area (Å²) in [6.07, 6.45) is 9.02. The highest BCUT2D eigenvalue weighted by Crippen LogP contribution is 2.66. The summed E-state index contributed by atoms with van der Waals surface area (Å²) in [5.74, 6) is 4.15. The van der Waals surface area contributed by atoms with E-state index in [2.05, 4.69) is 25.9 Å². The van der Waals surface area contributed by atoms with Gasteiger partial charge in [-0.25, -0.2) is 0 Å². The van der Waals surface area contributed by atoms with Gasteiger partial charge in [0.2, 0.25) is 0 Å². The van der Waals surface area contributed by atoms with Gasteiger partial charge in [-0.1, -0.05) is 25.9 Å². The van der Waals surface area contributed by atoms with E-state index in [4.69, 9.17) is 10.6 Å². The summed E-state index contributed by atoms with van der Waals surface area (Å²) in [7, 11) is 0. The Labute approximate surface area is 158 Å². The molecule has 4 aliphatic carbocycles. The minimum absolute atomic E-state index is 0.0125. The van der Waals surface area contributed by atoms with Gasteiger partial charge < -0.3 is 10.6 Å². The van der Waals surface area contributed by atoms with Crippen molar-refractivity contribution in [2.75, 3.05) is 13.2 Å². The molecule has 4 rings (SSSR count). The third-order valence-corrected chi connectivity index (χ3v) is 8.98. The van der Waals surface area contributed by atoms with Gasteiger partial charge in [0.25, 0.3) is 0 Å². The quantitative estimate of drug-likeness (QED) is 0.607. The van der Waals surface area contributed by atoms with Crippen LogP contribution in [0, 0.1) is 40.4 Å². The van der Waals surface area contributed by atoms with Gasteiger partial charge in [0.1, 0.15) is 12.4 Å². The highest BCUT2D eigenvalue weighted by Gasteiger charge is 2.61. The van der Waals surface area contributed by atoms with Crippen molar-refractivity contribution < 1.29 is 9.63 Å². The molecule has 4 fully saturated rings. The fraction of sp³-hybridized carbons (Fsp3) is 0.909. The second kappa shape index (κ2) is 6.61.